The maximum atomic E-state index is 14.7. The summed E-state index contributed by atoms with van der Waals surface area (Å²) in [7, 11) is 0. The first-order valence-electron chi connectivity index (χ1n) is 28.0. The highest BCUT2D eigenvalue weighted by atomic mass is 35.6. The molecular formula is C63H60Cl3NO24. The van der Waals surface area contributed by atoms with Crippen molar-refractivity contribution in [3.8, 4) is 0 Å². The van der Waals surface area contributed by atoms with Crippen molar-refractivity contribution in [3.05, 3.63) is 179 Å². The van der Waals surface area contributed by atoms with Gasteiger partial charge in [-0.25, -0.2) is 24.0 Å². The van der Waals surface area contributed by atoms with E-state index in [1.54, 1.807) is 42.5 Å². The standard InChI is InChI=1S/C63H60Cl3NO24/c1-33-45(89-60-51(82-37(5)71)49(81-36(4)70)46(80-35(3)69)43(83-60)31-77-34(2)68)48(85-55(73)39-23-13-7-14-24-39)52(87-57(75)41-27-17-9-18-28-41)59(79-33)90-47-44(32-78-54(72)38-21-11-6-12-22-38)84-61(91-62(67)63(64,65)66)53(88-58(76)42-29-19-10-20-30-42)50(47)86-56(74)40-25-15-8-16-26-40/h6-30,33,43-53,59-61,67H,31-32H2,1-5H3/t33-,43-,44-,45+,46+,47-,48+,49+,50+,51-,52-,53-,59+,60-,61-/m1/s1. The van der Waals surface area contributed by atoms with Crippen LogP contribution < -0.4 is 0 Å². The van der Waals surface area contributed by atoms with Gasteiger partial charge >= 0.3 is 53.7 Å². The van der Waals surface area contributed by atoms with Gasteiger partial charge in [-0.15, -0.1) is 0 Å². The Labute approximate surface area is 534 Å². The van der Waals surface area contributed by atoms with Crippen molar-refractivity contribution in [3.63, 3.8) is 0 Å². The van der Waals surface area contributed by atoms with Crippen molar-refractivity contribution < 1.29 is 114 Å². The summed E-state index contributed by atoms with van der Waals surface area (Å²) in [6, 6.07) is 37.3. The fraction of sp³-hybridized carbons (Fsp3) is 0.365. The second-order valence-electron chi connectivity index (χ2n) is 20.4. The van der Waals surface area contributed by atoms with E-state index < -0.39 is 169 Å². The zero-order valence-corrected chi connectivity index (χ0v) is 51.2. The molecule has 3 fully saturated rings. The van der Waals surface area contributed by atoms with Gasteiger partial charge < -0.3 is 71.1 Å². The van der Waals surface area contributed by atoms with Gasteiger partial charge in [0.05, 0.1) is 33.9 Å². The Bertz CT molecular complexity index is 3360. The molecule has 91 heavy (non-hydrogen) atoms. The molecule has 0 aliphatic carbocycles. The molecule has 25 nitrogen and oxygen atoms in total. The Morgan fingerprint density at radius 2 is 0.670 bits per heavy atom. The molecule has 482 valence electrons. The summed E-state index contributed by atoms with van der Waals surface area (Å²) in [6.07, 6.45) is -28.5. The van der Waals surface area contributed by atoms with Crippen LogP contribution in [0.5, 0.6) is 0 Å². The number of ether oxygens (including phenoxy) is 15. The molecule has 0 saturated carbocycles. The van der Waals surface area contributed by atoms with E-state index in [1.807, 2.05) is 0 Å². The van der Waals surface area contributed by atoms with Gasteiger partial charge in [0.2, 0.25) is 18.3 Å². The molecule has 5 aromatic carbocycles. The smallest absolute Gasteiger partial charge is 0.338 e. The van der Waals surface area contributed by atoms with Gasteiger partial charge in [-0.2, -0.15) is 0 Å². The Morgan fingerprint density at radius 3 is 1.09 bits per heavy atom. The molecule has 3 aliphatic heterocycles. The lowest BCUT2D eigenvalue weighted by atomic mass is 9.95. The summed E-state index contributed by atoms with van der Waals surface area (Å²) >= 11 is 18.5. The van der Waals surface area contributed by atoms with E-state index in [2.05, 4.69) is 0 Å². The highest BCUT2D eigenvalue weighted by Crippen LogP contribution is 2.40. The molecule has 1 N–H and O–H groups in total. The van der Waals surface area contributed by atoms with E-state index in [4.69, 9.17) is 111 Å². The number of nitrogens with one attached hydrogen (secondary N) is 1. The number of carbonyl (C=O) groups is 9. The molecule has 0 unspecified atom stereocenters. The van der Waals surface area contributed by atoms with Crippen LogP contribution in [-0.4, -0.2) is 169 Å². The molecule has 3 saturated heterocycles. The number of carbonyl (C=O) groups excluding carboxylic acids is 9. The van der Waals surface area contributed by atoms with Gasteiger partial charge in [-0.3, -0.25) is 24.6 Å². The molecule has 5 aromatic rings. The monoisotopic (exact) mass is 1320 g/mol. The van der Waals surface area contributed by atoms with Crippen molar-refractivity contribution in [1.82, 2.24) is 0 Å². The number of hydrogen-bond acceptors (Lipinski definition) is 25. The fourth-order valence-corrected chi connectivity index (χ4v) is 9.86. The van der Waals surface area contributed by atoms with Crippen molar-refractivity contribution in [2.75, 3.05) is 13.2 Å². The van der Waals surface area contributed by atoms with Crippen LogP contribution in [0.4, 0.5) is 0 Å². The first-order chi connectivity index (χ1) is 43.4. The minimum absolute atomic E-state index is 0.0476. The fourth-order valence-electron chi connectivity index (χ4n) is 9.73. The molecule has 15 atom stereocenters. The van der Waals surface area contributed by atoms with Crippen molar-refractivity contribution in [1.29, 1.82) is 5.41 Å². The van der Waals surface area contributed by atoms with Crippen LogP contribution in [0, 0.1) is 5.41 Å². The molecule has 3 aliphatic rings. The van der Waals surface area contributed by atoms with Crippen LogP contribution in [0.3, 0.4) is 0 Å². The third-order valence-corrected chi connectivity index (χ3v) is 14.3. The molecule has 28 heteroatoms. The van der Waals surface area contributed by atoms with Gasteiger partial charge in [0.1, 0.15) is 37.6 Å². The zero-order chi connectivity index (χ0) is 65.5. The predicted octanol–water partition coefficient (Wildman–Crippen LogP) is 7.43. The quantitative estimate of drug-likeness (QED) is 0.0245. The maximum Gasteiger partial charge on any atom is 0.338 e. The number of hydrogen-bond donors (Lipinski definition) is 1. The summed E-state index contributed by atoms with van der Waals surface area (Å²) in [6.45, 7) is 3.91. The summed E-state index contributed by atoms with van der Waals surface area (Å²) in [4.78, 5) is 123. The summed E-state index contributed by atoms with van der Waals surface area (Å²) in [5, 5.41) is 8.69. The highest BCUT2D eigenvalue weighted by molar-refractivity contribution is 6.76. The normalized spacial score (nSPS) is 26.2. The van der Waals surface area contributed by atoms with Crippen LogP contribution >= 0.6 is 34.8 Å². The lowest BCUT2D eigenvalue weighted by Gasteiger charge is -2.50. The Kier molecular flexibility index (Phi) is 23.6. The van der Waals surface area contributed by atoms with E-state index in [0.29, 0.717) is 0 Å². The molecule has 0 aromatic heterocycles. The van der Waals surface area contributed by atoms with Gasteiger partial charge in [0, 0.05) is 27.7 Å². The number of alkyl halides is 3. The van der Waals surface area contributed by atoms with E-state index in [9.17, 15) is 43.2 Å². The number of benzene rings is 5. The zero-order valence-electron chi connectivity index (χ0n) is 48.9. The second kappa shape index (κ2) is 31.5. The average molecular weight is 1320 g/mol. The van der Waals surface area contributed by atoms with Gasteiger partial charge in [0.25, 0.3) is 3.79 Å². The predicted molar refractivity (Wildman–Crippen MR) is 313 cm³/mol. The molecule has 0 amide bonds. The highest BCUT2D eigenvalue weighted by Gasteiger charge is 2.60. The molecular weight excluding hydrogens is 1260 g/mol. The number of halogens is 3. The van der Waals surface area contributed by atoms with E-state index in [0.717, 1.165) is 27.7 Å². The summed E-state index contributed by atoms with van der Waals surface area (Å²) < 4.78 is 89.5. The lowest BCUT2D eigenvalue weighted by Crippen LogP contribution is -2.68. The number of esters is 9. The first kappa shape index (κ1) is 68.4. The van der Waals surface area contributed by atoms with E-state index >= 15 is 0 Å². The average Bonchev–Trinajstić information content (AvgIpc) is 0.781. The Hall–Kier alpha value is -8.53. The van der Waals surface area contributed by atoms with Crippen LogP contribution in [0.2, 0.25) is 0 Å². The lowest BCUT2D eigenvalue weighted by molar-refractivity contribution is -0.371. The van der Waals surface area contributed by atoms with Gasteiger partial charge in [-0.05, 0) is 67.6 Å². The van der Waals surface area contributed by atoms with Gasteiger partial charge in [-0.1, -0.05) is 126 Å². The number of rotatable bonds is 21. The third kappa shape index (κ3) is 18.3. The second-order valence-corrected chi connectivity index (χ2v) is 22.7. The van der Waals surface area contributed by atoms with Crippen molar-refractivity contribution in [2.24, 2.45) is 0 Å². The topological polar surface area (TPSA) is 316 Å². The van der Waals surface area contributed by atoms with E-state index in [1.165, 1.54) is 116 Å². The SMILES string of the molecule is CC(=O)OC[C@H]1O[C@H](O[C@@H]2[C@H](OC(=O)c3ccccc3)[C@@H](OC(=O)c3ccccc3)[C@H](O[C@H]3[C@H](OC(=O)c4ccccc4)[C@@H](OC(=O)c4ccccc4)[C@@H](OC(=N)C(Cl)(Cl)Cl)O[C@@H]3COC(=O)c3ccccc3)O[C@@H]2C)[C@H](OC(C)=O)[C@@H](OC(C)=O)[C@H]1OC(C)=O. The summed E-state index contributed by atoms with van der Waals surface area (Å²) in [5.74, 6) is -10.2. The van der Waals surface area contributed by atoms with Crippen LogP contribution in [0.25, 0.3) is 0 Å². The van der Waals surface area contributed by atoms with Crippen molar-refractivity contribution in [2.45, 2.75) is 131 Å². The van der Waals surface area contributed by atoms with Gasteiger partial charge in [0.15, 0.2) is 49.2 Å². The largest absolute Gasteiger partial charge is 0.463 e. The molecule has 0 radical (unpaired) electrons. The van der Waals surface area contributed by atoms with Crippen molar-refractivity contribution >= 4 is 94.4 Å². The third-order valence-electron chi connectivity index (χ3n) is 13.7. The molecule has 0 spiro atoms. The molecule has 8 rings (SSSR count). The Balaban J connectivity index is 1.31. The molecule has 0 bridgehead atoms. The first-order valence-corrected chi connectivity index (χ1v) is 29.1. The van der Waals surface area contributed by atoms with Crippen LogP contribution in [0.15, 0.2) is 152 Å². The van der Waals surface area contributed by atoms with Crippen LogP contribution in [0.1, 0.15) is 86.4 Å². The van der Waals surface area contributed by atoms with Crippen LogP contribution in [-0.2, 0) is 90.2 Å². The molecule has 3 heterocycles. The minimum Gasteiger partial charge on any atom is -0.463 e. The summed E-state index contributed by atoms with van der Waals surface area (Å²) in [5.41, 5.74) is -0.249. The van der Waals surface area contributed by atoms with E-state index in [-0.39, 0.29) is 27.8 Å². The minimum atomic E-state index is -2.61. The Morgan fingerprint density at radius 1 is 0.363 bits per heavy atom. The maximum absolute atomic E-state index is 14.7.